The molecule has 5 nitrogen and oxygen atoms in total. The monoisotopic (exact) mass is 280 g/mol. The number of aromatic nitrogens is 4. The molecule has 0 spiro atoms. The van der Waals surface area contributed by atoms with E-state index in [1.165, 1.54) is 38.4 Å². The summed E-state index contributed by atoms with van der Waals surface area (Å²) in [5.41, 5.74) is 1.56. The van der Waals surface area contributed by atoms with Crippen molar-refractivity contribution in [2.75, 3.05) is 7.11 Å². The lowest BCUT2D eigenvalue weighted by atomic mass is 9.95. The van der Waals surface area contributed by atoms with Gasteiger partial charge in [-0.25, -0.2) is 9.97 Å². The molecule has 1 fully saturated rings. The minimum Gasteiger partial charge on any atom is -0.479 e. The van der Waals surface area contributed by atoms with Gasteiger partial charge in [-0.2, -0.15) is 4.98 Å². The van der Waals surface area contributed by atoms with Gasteiger partial charge in [-0.15, -0.1) is 11.6 Å². The Morgan fingerprint density at radius 2 is 2.11 bits per heavy atom. The number of nitrogens with zero attached hydrogens (tertiary/aromatic N) is 4. The standard InChI is InChI=1S/C13H17ClN4O/c1-19-13-11-12(15-8-16-13)18(10(7-14)17-11)9-5-3-2-4-6-9/h8-9H,2-7H2,1H3. The van der Waals surface area contributed by atoms with Crippen molar-refractivity contribution in [1.82, 2.24) is 19.5 Å². The highest BCUT2D eigenvalue weighted by atomic mass is 35.5. The maximum absolute atomic E-state index is 6.05. The number of alkyl halides is 1. The molecule has 6 heteroatoms. The summed E-state index contributed by atoms with van der Waals surface area (Å²) in [6.45, 7) is 0. The van der Waals surface area contributed by atoms with Crippen LogP contribution in [-0.2, 0) is 5.88 Å². The zero-order chi connectivity index (χ0) is 13.2. The van der Waals surface area contributed by atoms with Gasteiger partial charge in [-0.05, 0) is 12.8 Å². The summed E-state index contributed by atoms with van der Waals surface area (Å²) in [6.07, 6.45) is 7.70. The fourth-order valence-electron chi connectivity index (χ4n) is 2.90. The Morgan fingerprint density at radius 1 is 1.32 bits per heavy atom. The fraction of sp³-hybridized carbons (Fsp3) is 0.615. The van der Waals surface area contributed by atoms with Gasteiger partial charge in [0, 0.05) is 6.04 Å². The molecule has 1 saturated carbocycles. The number of ether oxygens (including phenoxy) is 1. The third-order valence-electron chi connectivity index (χ3n) is 3.77. The molecule has 3 rings (SSSR count). The molecule has 0 saturated heterocycles. The summed E-state index contributed by atoms with van der Waals surface area (Å²) in [4.78, 5) is 13.0. The third kappa shape index (κ3) is 2.16. The Hall–Kier alpha value is -1.36. The van der Waals surface area contributed by atoms with Crippen LogP contribution in [0.1, 0.15) is 44.0 Å². The van der Waals surface area contributed by atoms with Crippen molar-refractivity contribution >= 4 is 22.8 Å². The average molecular weight is 281 g/mol. The molecule has 102 valence electrons. The molecule has 0 atom stereocenters. The highest BCUT2D eigenvalue weighted by molar-refractivity contribution is 6.16. The topological polar surface area (TPSA) is 52.8 Å². The van der Waals surface area contributed by atoms with Gasteiger partial charge >= 0.3 is 0 Å². The maximum Gasteiger partial charge on any atom is 0.245 e. The first-order valence-electron chi connectivity index (χ1n) is 6.67. The molecule has 2 heterocycles. The van der Waals surface area contributed by atoms with Crippen molar-refractivity contribution < 1.29 is 4.74 Å². The van der Waals surface area contributed by atoms with Crippen LogP contribution in [0.3, 0.4) is 0 Å². The zero-order valence-electron chi connectivity index (χ0n) is 11.0. The van der Waals surface area contributed by atoms with Crippen LogP contribution in [0.5, 0.6) is 5.88 Å². The van der Waals surface area contributed by atoms with E-state index in [0.717, 1.165) is 11.5 Å². The molecule has 1 aliphatic rings. The molecular formula is C13H17ClN4O. The summed E-state index contributed by atoms with van der Waals surface area (Å²) in [7, 11) is 1.60. The van der Waals surface area contributed by atoms with Gasteiger partial charge in [0.1, 0.15) is 12.2 Å². The Labute approximate surface area is 117 Å². The van der Waals surface area contributed by atoms with Crippen LogP contribution in [0.25, 0.3) is 11.2 Å². The van der Waals surface area contributed by atoms with Crippen molar-refractivity contribution in [2.24, 2.45) is 0 Å². The molecule has 0 unspecified atom stereocenters. The van der Waals surface area contributed by atoms with Crippen molar-refractivity contribution in [3.63, 3.8) is 0 Å². The minimum atomic E-state index is 0.385. The van der Waals surface area contributed by atoms with E-state index in [2.05, 4.69) is 19.5 Å². The smallest absolute Gasteiger partial charge is 0.245 e. The van der Waals surface area contributed by atoms with Gasteiger partial charge in [0.05, 0.1) is 13.0 Å². The van der Waals surface area contributed by atoms with Gasteiger partial charge in [0.2, 0.25) is 5.88 Å². The van der Waals surface area contributed by atoms with Gasteiger partial charge in [0.15, 0.2) is 11.2 Å². The Bertz CT molecular complexity index is 577. The number of hydrogen-bond donors (Lipinski definition) is 0. The Morgan fingerprint density at radius 3 is 2.79 bits per heavy atom. The first-order valence-corrected chi connectivity index (χ1v) is 7.20. The number of fused-ring (bicyclic) bond motifs is 1. The van der Waals surface area contributed by atoms with E-state index < -0.39 is 0 Å². The maximum atomic E-state index is 6.05. The summed E-state index contributed by atoms with van der Waals surface area (Å²) >= 11 is 6.05. The summed E-state index contributed by atoms with van der Waals surface area (Å²) in [5, 5.41) is 0. The summed E-state index contributed by atoms with van der Waals surface area (Å²) in [6, 6.07) is 0.451. The molecule has 19 heavy (non-hydrogen) atoms. The van der Waals surface area contributed by atoms with Crippen LogP contribution in [0.15, 0.2) is 6.33 Å². The van der Waals surface area contributed by atoms with Gasteiger partial charge in [-0.1, -0.05) is 19.3 Å². The lowest BCUT2D eigenvalue weighted by molar-refractivity contribution is 0.353. The van der Waals surface area contributed by atoms with Crippen molar-refractivity contribution in [3.8, 4) is 5.88 Å². The van der Waals surface area contributed by atoms with E-state index in [0.29, 0.717) is 23.3 Å². The number of methoxy groups -OCH3 is 1. The van der Waals surface area contributed by atoms with Crippen LogP contribution in [0.2, 0.25) is 0 Å². The van der Waals surface area contributed by atoms with E-state index in [1.807, 2.05) is 0 Å². The quantitative estimate of drug-likeness (QED) is 0.811. The lowest BCUT2D eigenvalue weighted by Crippen LogP contribution is -2.15. The largest absolute Gasteiger partial charge is 0.479 e. The second-order valence-corrected chi connectivity index (χ2v) is 5.15. The Kier molecular flexibility index (Phi) is 3.55. The highest BCUT2D eigenvalue weighted by Crippen LogP contribution is 2.33. The van der Waals surface area contributed by atoms with E-state index in [9.17, 15) is 0 Å². The molecule has 0 bridgehead atoms. The molecular weight excluding hydrogens is 264 g/mol. The SMILES string of the molecule is COc1ncnc2c1nc(CCl)n2C1CCCCC1. The van der Waals surface area contributed by atoms with Gasteiger partial charge in [-0.3, -0.25) is 0 Å². The van der Waals surface area contributed by atoms with Crippen molar-refractivity contribution in [3.05, 3.63) is 12.2 Å². The predicted octanol–water partition coefficient (Wildman–Crippen LogP) is 3.08. The summed E-state index contributed by atoms with van der Waals surface area (Å²) in [5.74, 6) is 1.77. The van der Waals surface area contributed by atoms with Crippen LogP contribution in [0.4, 0.5) is 0 Å². The number of halogens is 1. The highest BCUT2D eigenvalue weighted by Gasteiger charge is 2.23. The molecule has 2 aromatic heterocycles. The van der Waals surface area contributed by atoms with Crippen LogP contribution in [-0.4, -0.2) is 26.6 Å². The first-order chi connectivity index (χ1) is 9.35. The molecule has 0 N–H and O–H groups in total. The van der Waals surface area contributed by atoms with Crippen molar-refractivity contribution in [1.29, 1.82) is 0 Å². The fourth-order valence-corrected chi connectivity index (χ4v) is 3.09. The second kappa shape index (κ2) is 5.33. The molecule has 0 aliphatic heterocycles. The lowest BCUT2D eigenvalue weighted by Gasteiger charge is -2.24. The molecule has 0 aromatic carbocycles. The third-order valence-corrected chi connectivity index (χ3v) is 4.01. The zero-order valence-corrected chi connectivity index (χ0v) is 11.7. The molecule has 1 aliphatic carbocycles. The summed E-state index contributed by atoms with van der Waals surface area (Å²) < 4.78 is 7.44. The van der Waals surface area contributed by atoms with E-state index >= 15 is 0 Å². The first kappa shape index (κ1) is 12.7. The normalized spacial score (nSPS) is 16.9. The average Bonchev–Trinajstić information content (AvgIpc) is 2.86. The van der Waals surface area contributed by atoms with Crippen LogP contribution < -0.4 is 4.74 Å². The van der Waals surface area contributed by atoms with E-state index in [1.54, 1.807) is 7.11 Å². The van der Waals surface area contributed by atoms with Crippen LogP contribution in [0, 0.1) is 0 Å². The van der Waals surface area contributed by atoms with Crippen LogP contribution >= 0.6 is 11.6 Å². The number of rotatable bonds is 3. The molecule has 0 radical (unpaired) electrons. The van der Waals surface area contributed by atoms with E-state index in [4.69, 9.17) is 16.3 Å². The molecule has 2 aromatic rings. The number of imidazole rings is 1. The predicted molar refractivity (Wildman–Crippen MR) is 73.6 cm³/mol. The van der Waals surface area contributed by atoms with Gasteiger partial charge < -0.3 is 9.30 Å². The van der Waals surface area contributed by atoms with Gasteiger partial charge in [0.25, 0.3) is 0 Å². The second-order valence-electron chi connectivity index (χ2n) is 4.88. The number of hydrogen-bond acceptors (Lipinski definition) is 4. The van der Waals surface area contributed by atoms with E-state index in [-0.39, 0.29) is 0 Å². The Balaban J connectivity index is 2.15. The van der Waals surface area contributed by atoms with Crippen molar-refractivity contribution in [2.45, 2.75) is 44.0 Å². The molecule has 0 amide bonds. The minimum absolute atomic E-state index is 0.385.